The monoisotopic (exact) mass is 475 g/mol. The average Bonchev–Trinajstić information content (AvgIpc) is 3.31. The van der Waals surface area contributed by atoms with Crippen LogP contribution in [-0.2, 0) is 6.18 Å². The van der Waals surface area contributed by atoms with Crippen molar-refractivity contribution in [1.29, 1.82) is 0 Å². The topological polar surface area (TPSA) is 88.8 Å². The van der Waals surface area contributed by atoms with Crippen LogP contribution in [0, 0.1) is 17.7 Å². The van der Waals surface area contributed by atoms with E-state index in [0.29, 0.717) is 12.1 Å². The molecule has 6 rings (SSSR count). The summed E-state index contributed by atoms with van der Waals surface area (Å²) in [7, 11) is 0. The summed E-state index contributed by atoms with van der Waals surface area (Å²) in [6.45, 7) is 2.35. The van der Waals surface area contributed by atoms with Crippen LogP contribution < -0.4 is 5.32 Å². The smallest absolute Gasteiger partial charge is 0.367 e. The number of halogens is 4. The van der Waals surface area contributed by atoms with Crippen molar-refractivity contribution in [3.8, 4) is 5.69 Å². The highest BCUT2D eigenvalue weighted by molar-refractivity contribution is 5.98. The molecule has 3 aromatic rings. The van der Waals surface area contributed by atoms with E-state index in [1.807, 2.05) is 0 Å². The van der Waals surface area contributed by atoms with E-state index in [0.717, 1.165) is 19.0 Å². The molecular formula is C22H21F4N7O. The van der Waals surface area contributed by atoms with Crippen molar-refractivity contribution in [3.05, 3.63) is 60.1 Å². The third kappa shape index (κ3) is 3.97. The fourth-order valence-electron chi connectivity index (χ4n) is 4.83. The van der Waals surface area contributed by atoms with Crippen molar-refractivity contribution in [2.45, 2.75) is 38.0 Å². The van der Waals surface area contributed by atoms with Gasteiger partial charge in [0.15, 0.2) is 5.69 Å². The highest BCUT2D eigenvalue weighted by Crippen LogP contribution is 2.47. The first-order valence-electron chi connectivity index (χ1n) is 10.8. The maximum Gasteiger partial charge on any atom is 0.434 e. The summed E-state index contributed by atoms with van der Waals surface area (Å²) in [6, 6.07) is 3.66. The molecule has 0 radical (unpaired) electrons. The van der Waals surface area contributed by atoms with Crippen LogP contribution in [0.25, 0.3) is 5.69 Å². The molecule has 2 bridgehead atoms. The van der Waals surface area contributed by atoms with Crippen LogP contribution in [0.2, 0.25) is 0 Å². The molecule has 4 heterocycles. The summed E-state index contributed by atoms with van der Waals surface area (Å²) in [5.41, 5.74) is -0.558. The Labute approximate surface area is 192 Å². The van der Waals surface area contributed by atoms with Crippen LogP contribution in [0.4, 0.5) is 23.4 Å². The number of rotatable bonds is 5. The van der Waals surface area contributed by atoms with Gasteiger partial charge in [-0.25, -0.2) is 14.4 Å². The molecule has 2 aromatic heterocycles. The molecule has 1 aromatic carbocycles. The van der Waals surface area contributed by atoms with Crippen LogP contribution in [0.15, 0.2) is 43.0 Å². The first-order chi connectivity index (χ1) is 16.2. The van der Waals surface area contributed by atoms with E-state index in [1.54, 1.807) is 4.90 Å². The average molecular weight is 475 g/mol. The van der Waals surface area contributed by atoms with Gasteiger partial charge in [0, 0.05) is 18.7 Å². The normalized spacial score (nSPS) is 24.0. The number of nitrogens with zero attached hydrogens (tertiary/aromatic N) is 6. The zero-order chi connectivity index (χ0) is 24.0. The van der Waals surface area contributed by atoms with E-state index in [2.05, 4.69) is 32.4 Å². The lowest BCUT2D eigenvalue weighted by molar-refractivity contribution is -0.141. The number of benzene rings is 1. The minimum Gasteiger partial charge on any atom is -0.367 e. The largest absolute Gasteiger partial charge is 0.434 e. The lowest BCUT2D eigenvalue weighted by Crippen LogP contribution is -2.64. The summed E-state index contributed by atoms with van der Waals surface area (Å²) >= 11 is 0. The van der Waals surface area contributed by atoms with Crippen LogP contribution in [0.3, 0.4) is 0 Å². The van der Waals surface area contributed by atoms with Crippen molar-refractivity contribution in [3.63, 3.8) is 0 Å². The van der Waals surface area contributed by atoms with Gasteiger partial charge in [-0.2, -0.15) is 28.2 Å². The van der Waals surface area contributed by atoms with E-state index in [4.69, 9.17) is 0 Å². The Morgan fingerprint density at radius 3 is 2.53 bits per heavy atom. The second-order valence-corrected chi connectivity index (χ2v) is 8.67. The zero-order valence-electron chi connectivity index (χ0n) is 18.1. The molecule has 1 amide bonds. The number of nitrogens with one attached hydrogen (secondary N) is 1. The van der Waals surface area contributed by atoms with Crippen molar-refractivity contribution >= 4 is 11.7 Å². The fraction of sp³-hybridized carbons (Fsp3) is 0.409. The molecule has 1 N–H and O–H groups in total. The maximum absolute atomic E-state index is 14.0. The van der Waals surface area contributed by atoms with Crippen molar-refractivity contribution in [2.75, 3.05) is 11.9 Å². The van der Waals surface area contributed by atoms with Crippen LogP contribution >= 0.6 is 0 Å². The van der Waals surface area contributed by atoms with Crippen LogP contribution in [0.5, 0.6) is 0 Å². The molecule has 1 saturated carbocycles. The predicted molar refractivity (Wildman–Crippen MR) is 112 cm³/mol. The van der Waals surface area contributed by atoms with Gasteiger partial charge in [-0.15, -0.1) is 0 Å². The standard InChI is InChI=1S/C22H21F4N7O/c1-12-13-6-15(7-13)32(18(12)9-28-20-11-27-19(10-29-20)22(24,25)26)21(34)16-3-2-14(23)8-17(16)33-30-4-5-31-33/h2-5,8,10-13,15,18H,6-7,9H2,1H3,(H,28,29). The van der Waals surface area contributed by atoms with Crippen LogP contribution in [-0.4, -0.2) is 54.4 Å². The van der Waals surface area contributed by atoms with Gasteiger partial charge in [0.1, 0.15) is 17.3 Å². The quantitative estimate of drug-likeness (QED) is 0.568. The molecular weight excluding hydrogens is 454 g/mol. The number of hydrogen-bond donors (Lipinski definition) is 1. The zero-order valence-corrected chi connectivity index (χ0v) is 18.1. The molecule has 178 valence electrons. The number of aromatic nitrogens is 5. The summed E-state index contributed by atoms with van der Waals surface area (Å²) in [5, 5.41) is 11.1. The van der Waals surface area contributed by atoms with E-state index >= 15 is 0 Å². The van der Waals surface area contributed by atoms with Crippen molar-refractivity contribution in [2.24, 2.45) is 11.8 Å². The number of hydrogen-bond acceptors (Lipinski definition) is 6. The molecule has 2 atom stereocenters. The van der Waals surface area contributed by atoms with E-state index in [9.17, 15) is 22.4 Å². The minimum absolute atomic E-state index is 0.0303. The molecule has 2 aliphatic heterocycles. The number of carbonyl (C=O) groups excluding carboxylic acids is 1. The molecule has 1 aliphatic carbocycles. The SMILES string of the molecule is CC1C2CC(C2)N(C(=O)c2ccc(F)cc2-n2nccn2)C1CNc1cnc(C(F)(F)F)cn1. The number of carbonyl (C=O) groups is 1. The van der Waals surface area contributed by atoms with Gasteiger partial charge in [-0.05, 0) is 36.8 Å². The number of anilines is 1. The molecule has 8 nitrogen and oxygen atoms in total. The van der Waals surface area contributed by atoms with E-state index in [1.165, 1.54) is 35.4 Å². The first kappa shape index (κ1) is 22.2. The van der Waals surface area contributed by atoms with Gasteiger partial charge < -0.3 is 10.2 Å². The Morgan fingerprint density at radius 1 is 1.15 bits per heavy atom. The number of amides is 1. The fourth-order valence-corrected chi connectivity index (χ4v) is 4.83. The van der Waals surface area contributed by atoms with E-state index in [-0.39, 0.29) is 47.5 Å². The van der Waals surface area contributed by atoms with Crippen molar-refractivity contribution < 1.29 is 22.4 Å². The van der Waals surface area contributed by atoms with Gasteiger partial charge in [0.2, 0.25) is 0 Å². The van der Waals surface area contributed by atoms with E-state index < -0.39 is 17.7 Å². The lowest BCUT2D eigenvalue weighted by Gasteiger charge is -2.57. The Kier molecular flexibility index (Phi) is 5.45. The molecule has 3 aliphatic rings. The maximum atomic E-state index is 14.0. The number of fused-ring (bicyclic) bond motifs is 2. The molecule has 12 heteroatoms. The molecule has 34 heavy (non-hydrogen) atoms. The summed E-state index contributed by atoms with van der Waals surface area (Å²) in [4.78, 5) is 24.0. The van der Waals surface area contributed by atoms with Gasteiger partial charge >= 0.3 is 6.18 Å². The third-order valence-electron chi connectivity index (χ3n) is 6.74. The molecule has 2 saturated heterocycles. The Bertz CT molecular complexity index is 1180. The molecule has 3 fully saturated rings. The summed E-state index contributed by atoms with van der Waals surface area (Å²) in [6.07, 6.45) is 1.77. The Balaban J connectivity index is 1.40. The Hall–Kier alpha value is -3.57. The molecule has 0 spiro atoms. The second-order valence-electron chi connectivity index (χ2n) is 8.67. The summed E-state index contributed by atoms with van der Waals surface area (Å²) in [5.74, 6) is 0.0110. The third-order valence-corrected chi connectivity index (χ3v) is 6.74. The van der Waals surface area contributed by atoms with Crippen molar-refractivity contribution in [1.82, 2.24) is 29.9 Å². The number of piperidine rings is 2. The van der Waals surface area contributed by atoms with Gasteiger partial charge in [0.25, 0.3) is 5.91 Å². The minimum atomic E-state index is -4.57. The molecule has 2 unspecified atom stereocenters. The predicted octanol–water partition coefficient (Wildman–Crippen LogP) is 3.57. The van der Waals surface area contributed by atoms with Gasteiger partial charge in [0.05, 0.1) is 36.4 Å². The lowest BCUT2D eigenvalue weighted by atomic mass is 9.64. The Morgan fingerprint density at radius 2 is 1.88 bits per heavy atom. The highest BCUT2D eigenvalue weighted by atomic mass is 19.4. The van der Waals surface area contributed by atoms with Gasteiger partial charge in [-0.1, -0.05) is 6.92 Å². The second kappa shape index (κ2) is 8.33. The summed E-state index contributed by atoms with van der Waals surface area (Å²) < 4.78 is 52.3. The first-order valence-corrected chi connectivity index (χ1v) is 10.8. The number of alkyl halides is 3. The highest BCUT2D eigenvalue weighted by Gasteiger charge is 2.50. The van der Waals surface area contributed by atoms with Crippen LogP contribution in [0.1, 0.15) is 35.8 Å². The van der Waals surface area contributed by atoms with Gasteiger partial charge in [-0.3, -0.25) is 4.79 Å².